The molecule has 4 rings (SSSR count). The van der Waals surface area contributed by atoms with E-state index in [1.807, 2.05) is 4.90 Å². The van der Waals surface area contributed by atoms with Gasteiger partial charge in [-0.1, -0.05) is 18.2 Å². The minimum atomic E-state index is -5.58. The maximum absolute atomic E-state index is 13.5. The minimum absolute atomic E-state index is 0.0909. The number of imidazole rings is 1. The molecule has 12 heteroatoms. The number of hydrogen-bond acceptors (Lipinski definition) is 5. The summed E-state index contributed by atoms with van der Waals surface area (Å²) in [7, 11) is -5.58. The quantitative estimate of drug-likeness (QED) is 0.704. The summed E-state index contributed by atoms with van der Waals surface area (Å²) < 4.78 is 65.7. The number of nitrogens with zero attached hydrogens (tertiary/aromatic N) is 4. The van der Waals surface area contributed by atoms with E-state index in [4.69, 9.17) is 0 Å². The van der Waals surface area contributed by atoms with Crippen LogP contribution in [0.25, 0.3) is 0 Å². The number of anilines is 1. The van der Waals surface area contributed by atoms with E-state index in [9.17, 15) is 26.4 Å². The Balaban J connectivity index is 1.73. The van der Waals surface area contributed by atoms with Crippen molar-refractivity contribution >= 4 is 21.6 Å². The fourth-order valence-electron chi connectivity index (χ4n) is 4.46. The Morgan fingerprint density at radius 2 is 1.88 bits per heavy atom. The number of nitrogens with one attached hydrogen (secondary N) is 1. The lowest BCUT2D eigenvalue weighted by Gasteiger charge is -2.35. The van der Waals surface area contributed by atoms with Crippen molar-refractivity contribution in [3.8, 4) is 0 Å². The third kappa shape index (κ3) is 5.01. The van der Waals surface area contributed by atoms with Gasteiger partial charge in [-0.25, -0.2) is 13.4 Å². The first-order chi connectivity index (χ1) is 15.7. The molecule has 0 aliphatic carbocycles. The zero-order valence-electron chi connectivity index (χ0n) is 18.0. The number of sulfonamides is 1. The highest BCUT2D eigenvalue weighted by atomic mass is 32.2. The maximum Gasteiger partial charge on any atom is 0.511 e. The van der Waals surface area contributed by atoms with Gasteiger partial charge in [0, 0.05) is 44.5 Å². The van der Waals surface area contributed by atoms with E-state index in [1.165, 1.54) is 6.33 Å². The van der Waals surface area contributed by atoms with Gasteiger partial charge in [0.15, 0.2) is 0 Å². The number of aromatic nitrogens is 2. The Morgan fingerprint density at radius 1 is 1.15 bits per heavy atom. The van der Waals surface area contributed by atoms with Crippen molar-refractivity contribution in [1.82, 2.24) is 19.2 Å². The molecule has 1 atom stereocenters. The summed E-state index contributed by atoms with van der Waals surface area (Å²) in [6, 6.07) is 5.97. The highest BCUT2D eigenvalue weighted by Crippen LogP contribution is 2.35. The van der Waals surface area contributed by atoms with Gasteiger partial charge in [-0.2, -0.15) is 17.5 Å². The molecule has 2 aromatic rings. The molecule has 8 nitrogen and oxygen atoms in total. The third-order valence-electron chi connectivity index (χ3n) is 6.15. The second-order valence-electron chi connectivity index (χ2n) is 8.38. The first-order valence-corrected chi connectivity index (χ1v) is 12.3. The summed E-state index contributed by atoms with van der Waals surface area (Å²) in [4.78, 5) is 23.6. The molecule has 2 aliphatic rings. The summed E-state index contributed by atoms with van der Waals surface area (Å²) in [6.45, 7) is 0.575. The Kier molecular flexibility index (Phi) is 6.66. The molecule has 0 saturated carbocycles. The van der Waals surface area contributed by atoms with Gasteiger partial charge in [-0.15, -0.1) is 0 Å². The van der Waals surface area contributed by atoms with Crippen molar-refractivity contribution in [3.05, 3.63) is 48.0 Å². The number of para-hydroxylation sites is 1. The Morgan fingerprint density at radius 3 is 2.55 bits per heavy atom. The van der Waals surface area contributed by atoms with Gasteiger partial charge >= 0.3 is 15.5 Å². The predicted molar refractivity (Wildman–Crippen MR) is 115 cm³/mol. The van der Waals surface area contributed by atoms with Crippen molar-refractivity contribution in [3.63, 3.8) is 0 Å². The first kappa shape index (κ1) is 23.6. The fourth-order valence-corrected chi connectivity index (χ4v) is 5.43. The first-order valence-electron chi connectivity index (χ1n) is 10.8. The number of amides is 1. The van der Waals surface area contributed by atoms with E-state index in [1.54, 1.807) is 35.4 Å². The van der Waals surface area contributed by atoms with Gasteiger partial charge in [0.1, 0.15) is 0 Å². The molecule has 180 valence electrons. The lowest BCUT2D eigenvalue weighted by atomic mass is 10.1. The van der Waals surface area contributed by atoms with E-state index in [-0.39, 0.29) is 18.9 Å². The number of likely N-dealkylation sites (tertiary alicyclic amines) is 1. The number of alkyl halides is 3. The molecule has 0 spiro atoms. The number of halogens is 3. The van der Waals surface area contributed by atoms with Crippen molar-refractivity contribution in [2.45, 2.75) is 50.3 Å². The van der Waals surface area contributed by atoms with Gasteiger partial charge in [0.05, 0.1) is 24.6 Å². The summed E-state index contributed by atoms with van der Waals surface area (Å²) in [5.41, 5.74) is -3.68. The van der Waals surface area contributed by atoms with E-state index in [2.05, 4.69) is 9.97 Å². The molecular formula is C21H26F3N5O3S. The second kappa shape index (κ2) is 9.34. The van der Waals surface area contributed by atoms with Crippen molar-refractivity contribution in [2.75, 3.05) is 24.5 Å². The molecule has 3 heterocycles. The van der Waals surface area contributed by atoms with Crippen LogP contribution in [-0.2, 0) is 27.9 Å². The van der Waals surface area contributed by atoms with Gasteiger partial charge in [-0.3, -0.25) is 4.79 Å². The molecular weight excluding hydrogens is 459 g/mol. The number of rotatable bonds is 5. The van der Waals surface area contributed by atoms with Crippen LogP contribution in [0.15, 0.2) is 36.8 Å². The Bertz CT molecular complexity index is 1070. The Hall–Kier alpha value is -2.60. The summed E-state index contributed by atoms with van der Waals surface area (Å²) in [5, 5.41) is 0. The molecule has 0 unspecified atom stereocenters. The van der Waals surface area contributed by atoms with Gasteiger partial charge < -0.3 is 14.8 Å². The molecule has 0 bridgehead atoms. The van der Waals surface area contributed by atoms with Crippen LogP contribution in [0.2, 0.25) is 0 Å². The maximum atomic E-state index is 13.5. The molecule has 1 aromatic carbocycles. The number of H-pyrrole nitrogens is 1. The van der Waals surface area contributed by atoms with E-state index < -0.39 is 34.7 Å². The second-order valence-corrected chi connectivity index (χ2v) is 10.3. The standard InChI is InChI=1S/C21H26F3N5O3S/c22-21(23,24)33(31,32)28-12-16-6-2-3-7-19(16)29(13-17-11-25-15-26-17)18(14-28)10-20(30)27-8-4-1-5-9-27/h2-3,6-7,11,15,18H,1,4-5,8-10,12-14H2,(H,25,26)/t18-/m1/s1. The lowest BCUT2D eigenvalue weighted by molar-refractivity contribution is -0.132. The molecule has 1 fully saturated rings. The smallest absolute Gasteiger partial charge is 0.361 e. The summed E-state index contributed by atoms with van der Waals surface area (Å²) in [6.07, 6.45) is 5.79. The molecule has 0 radical (unpaired) electrons. The zero-order valence-corrected chi connectivity index (χ0v) is 18.8. The van der Waals surface area contributed by atoms with Crippen molar-refractivity contribution in [1.29, 1.82) is 0 Å². The molecule has 1 aromatic heterocycles. The van der Waals surface area contributed by atoms with Crippen LogP contribution in [0.4, 0.5) is 18.9 Å². The van der Waals surface area contributed by atoms with E-state index in [0.717, 1.165) is 19.3 Å². The van der Waals surface area contributed by atoms with E-state index >= 15 is 0 Å². The van der Waals surface area contributed by atoms with Gasteiger partial charge in [-0.05, 0) is 30.9 Å². The van der Waals surface area contributed by atoms with Crippen LogP contribution in [-0.4, -0.2) is 64.7 Å². The van der Waals surface area contributed by atoms with Crippen LogP contribution >= 0.6 is 0 Å². The van der Waals surface area contributed by atoms with Crippen molar-refractivity contribution in [2.24, 2.45) is 0 Å². The molecule has 1 amide bonds. The van der Waals surface area contributed by atoms with Crippen LogP contribution in [0.5, 0.6) is 0 Å². The number of aromatic amines is 1. The van der Waals surface area contributed by atoms with Crippen LogP contribution in [0.1, 0.15) is 36.9 Å². The van der Waals surface area contributed by atoms with Crippen LogP contribution < -0.4 is 4.90 Å². The highest BCUT2D eigenvalue weighted by Gasteiger charge is 2.51. The van der Waals surface area contributed by atoms with Gasteiger partial charge in [0.2, 0.25) is 5.91 Å². The topological polar surface area (TPSA) is 89.6 Å². The lowest BCUT2D eigenvalue weighted by Crippen LogP contribution is -2.49. The fraction of sp³-hybridized carbons (Fsp3) is 0.524. The highest BCUT2D eigenvalue weighted by molar-refractivity contribution is 7.89. The number of benzene rings is 1. The SMILES string of the molecule is O=C(C[C@@H]1CN(S(=O)(=O)C(F)(F)F)Cc2ccccc2N1Cc1cnc[nH]1)N1CCCCC1. The van der Waals surface area contributed by atoms with Gasteiger partial charge in [0.25, 0.3) is 0 Å². The molecule has 1 saturated heterocycles. The summed E-state index contributed by atoms with van der Waals surface area (Å²) in [5.74, 6) is -0.182. The number of carbonyl (C=O) groups is 1. The molecule has 33 heavy (non-hydrogen) atoms. The number of fused-ring (bicyclic) bond motifs is 1. The number of piperidine rings is 1. The Labute approximate surface area is 190 Å². The largest absolute Gasteiger partial charge is 0.511 e. The van der Waals surface area contributed by atoms with Crippen molar-refractivity contribution < 1.29 is 26.4 Å². The predicted octanol–water partition coefficient (Wildman–Crippen LogP) is 2.85. The number of hydrogen-bond donors (Lipinski definition) is 1. The monoisotopic (exact) mass is 485 g/mol. The average Bonchev–Trinajstić information content (AvgIpc) is 3.24. The average molecular weight is 486 g/mol. The molecule has 1 N–H and O–H groups in total. The van der Waals surface area contributed by atoms with Crippen LogP contribution in [0.3, 0.4) is 0 Å². The minimum Gasteiger partial charge on any atom is -0.361 e. The van der Waals surface area contributed by atoms with Crippen LogP contribution in [0, 0.1) is 0 Å². The zero-order chi connectivity index (χ0) is 23.6. The third-order valence-corrected chi connectivity index (χ3v) is 7.69. The molecule has 2 aliphatic heterocycles. The normalized spacial score (nSPS) is 20.4. The number of carbonyl (C=O) groups excluding carboxylic acids is 1. The van der Waals surface area contributed by atoms with E-state index in [0.29, 0.717) is 34.3 Å². The summed E-state index contributed by atoms with van der Waals surface area (Å²) >= 11 is 0.